The predicted octanol–water partition coefficient (Wildman–Crippen LogP) is 6.78. The molecule has 2 aromatic rings. The standard InChI is InChI=1S/C32H44N2O6/c1-32(22-35)16-10-8-6-7-9-11-25(21-32)33-17-18-34-29-24(14-15-26(37-2)30(29)36)13-12-23-19-27(38-3)31(40-5)28(20-23)39-4/h12-15,17-20,22,25,33-34,36H,6-11,16,21H2,1-5H3/b13-12-,18-17-. The lowest BCUT2D eigenvalue weighted by molar-refractivity contribution is -0.116. The number of methoxy groups -OCH3 is 4. The van der Waals surface area contributed by atoms with Gasteiger partial charge < -0.3 is 39.5 Å². The molecule has 1 fully saturated rings. The van der Waals surface area contributed by atoms with Crippen molar-refractivity contribution in [2.75, 3.05) is 33.8 Å². The van der Waals surface area contributed by atoms with Crippen molar-refractivity contribution in [2.24, 2.45) is 5.41 Å². The largest absolute Gasteiger partial charge is 0.503 e. The molecule has 0 heterocycles. The van der Waals surface area contributed by atoms with Crippen LogP contribution in [0.15, 0.2) is 36.7 Å². The van der Waals surface area contributed by atoms with Crippen molar-refractivity contribution in [3.8, 4) is 28.7 Å². The van der Waals surface area contributed by atoms with Gasteiger partial charge in [0.2, 0.25) is 5.75 Å². The highest BCUT2D eigenvalue weighted by Crippen LogP contribution is 2.40. The number of hydrogen-bond acceptors (Lipinski definition) is 8. The summed E-state index contributed by atoms with van der Waals surface area (Å²) in [6.45, 7) is 2.07. The summed E-state index contributed by atoms with van der Waals surface area (Å²) in [6.07, 6.45) is 17.2. The predicted molar refractivity (Wildman–Crippen MR) is 160 cm³/mol. The Labute approximate surface area is 238 Å². The number of carbonyl (C=O) groups excluding carboxylic acids is 1. The zero-order valence-electron chi connectivity index (χ0n) is 24.4. The second kappa shape index (κ2) is 15.1. The zero-order valence-corrected chi connectivity index (χ0v) is 24.4. The molecule has 0 radical (unpaired) electrons. The third-order valence-electron chi connectivity index (χ3n) is 7.48. The normalized spacial score (nSPS) is 20.2. The van der Waals surface area contributed by atoms with Gasteiger partial charge in [0.25, 0.3) is 0 Å². The van der Waals surface area contributed by atoms with E-state index in [1.807, 2.05) is 36.6 Å². The van der Waals surface area contributed by atoms with Gasteiger partial charge in [0.05, 0.1) is 34.1 Å². The first-order valence-corrected chi connectivity index (χ1v) is 13.9. The number of rotatable bonds is 11. The molecule has 218 valence electrons. The van der Waals surface area contributed by atoms with E-state index in [2.05, 4.69) is 17.6 Å². The molecule has 8 heteroatoms. The van der Waals surface area contributed by atoms with Crippen molar-refractivity contribution in [3.05, 3.63) is 47.8 Å². The van der Waals surface area contributed by atoms with E-state index in [9.17, 15) is 9.90 Å². The highest BCUT2D eigenvalue weighted by Gasteiger charge is 2.27. The SMILES string of the molecule is COc1ccc(/C=C\c2cc(OC)c(OC)c(OC)c2)c(N/C=C\NC2CCCCCCCC(C)(C=O)C2)c1O. The van der Waals surface area contributed by atoms with Gasteiger partial charge in [0.15, 0.2) is 23.0 Å². The Balaban J connectivity index is 1.80. The lowest BCUT2D eigenvalue weighted by atomic mass is 9.78. The maximum absolute atomic E-state index is 11.9. The number of aromatic hydroxyl groups is 1. The van der Waals surface area contributed by atoms with E-state index in [4.69, 9.17) is 18.9 Å². The van der Waals surface area contributed by atoms with E-state index >= 15 is 0 Å². The first kappa shape index (κ1) is 30.7. The quantitative estimate of drug-likeness (QED) is 0.159. The molecule has 0 amide bonds. The van der Waals surface area contributed by atoms with Gasteiger partial charge in [-0.25, -0.2) is 0 Å². The summed E-state index contributed by atoms with van der Waals surface area (Å²) in [6, 6.07) is 7.49. The summed E-state index contributed by atoms with van der Waals surface area (Å²) < 4.78 is 21.7. The molecule has 0 aliphatic heterocycles. The van der Waals surface area contributed by atoms with Gasteiger partial charge in [-0.15, -0.1) is 0 Å². The van der Waals surface area contributed by atoms with Gasteiger partial charge in [0.1, 0.15) is 6.29 Å². The van der Waals surface area contributed by atoms with Crippen LogP contribution in [0.25, 0.3) is 12.2 Å². The third-order valence-corrected chi connectivity index (χ3v) is 7.48. The van der Waals surface area contributed by atoms with Crippen molar-refractivity contribution in [1.29, 1.82) is 0 Å². The number of benzene rings is 2. The third kappa shape index (κ3) is 8.10. The van der Waals surface area contributed by atoms with Gasteiger partial charge in [-0.3, -0.25) is 0 Å². The molecule has 2 aromatic carbocycles. The number of phenols is 1. The van der Waals surface area contributed by atoms with E-state index in [0.29, 0.717) is 28.7 Å². The molecule has 0 saturated heterocycles. The molecule has 2 unspecified atom stereocenters. The van der Waals surface area contributed by atoms with Crippen LogP contribution < -0.4 is 29.6 Å². The summed E-state index contributed by atoms with van der Waals surface area (Å²) in [5, 5.41) is 17.6. The summed E-state index contributed by atoms with van der Waals surface area (Å²) in [4.78, 5) is 11.9. The second-order valence-corrected chi connectivity index (χ2v) is 10.5. The number of nitrogens with one attached hydrogen (secondary N) is 2. The van der Waals surface area contributed by atoms with Gasteiger partial charge >= 0.3 is 0 Å². The minimum Gasteiger partial charge on any atom is -0.503 e. The fourth-order valence-electron chi connectivity index (χ4n) is 5.20. The fourth-order valence-corrected chi connectivity index (χ4v) is 5.20. The maximum atomic E-state index is 11.9. The molecular formula is C32H44N2O6. The van der Waals surface area contributed by atoms with Crippen LogP contribution in [-0.4, -0.2) is 45.9 Å². The van der Waals surface area contributed by atoms with Gasteiger partial charge in [-0.05, 0) is 49.1 Å². The fraction of sp³-hybridized carbons (Fsp3) is 0.469. The highest BCUT2D eigenvalue weighted by molar-refractivity contribution is 5.82. The minimum absolute atomic E-state index is 0.00594. The molecule has 0 bridgehead atoms. The summed E-state index contributed by atoms with van der Waals surface area (Å²) >= 11 is 0. The number of anilines is 1. The van der Waals surface area contributed by atoms with Crippen LogP contribution in [-0.2, 0) is 4.79 Å². The van der Waals surface area contributed by atoms with Crippen molar-refractivity contribution in [3.63, 3.8) is 0 Å². The van der Waals surface area contributed by atoms with Crippen LogP contribution in [0.5, 0.6) is 28.7 Å². The van der Waals surface area contributed by atoms with Crippen LogP contribution in [0.3, 0.4) is 0 Å². The molecule has 1 saturated carbocycles. The zero-order chi connectivity index (χ0) is 29.0. The monoisotopic (exact) mass is 552 g/mol. The van der Waals surface area contributed by atoms with Crippen molar-refractivity contribution in [2.45, 2.75) is 64.3 Å². The van der Waals surface area contributed by atoms with Crippen molar-refractivity contribution >= 4 is 24.1 Å². The minimum atomic E-state index is -0.313. The Morgan fingerprint density at radius 1 is 0.875 bits per heavy atom. The summed E-state index contributed by atoms with van der Waals surface area (Å²) in [5.41, 5.74) is 1.78. The van der Waals surface area contributed by atoms with Crippen molar-refractivity contribution < 1.29 is 28.8 Å². The Morgan fingerprint density at radius 3 is 2.20 bits per heavy atom. The molecular weight excluding hydrogens is 508 g/mol. The van der Waals surface area contributed by atoms with Crippen LogP contribution in [0, 0.1) is 5.41 Å². The smallest absolute Gasteiger partial charge is 0.203 e. The molecule has 0 aromatic heterocycles. The Kier molecular flexibility index (Phi) is 11.6. The van der Waals surface area contributed by atoms with E-state index in [-0.39, 0.29) is 17.2 Å². The molecule has 3 rings (SSSR count). The average Bonchev–Trinajstić information content (AvgIpc) is 2.97. The molecule has 8 nitrogen and oxygen atoms in total. The lowest BCUT2D eigenvalue weighted by Crippen LogP contribution is -2.33. The molecule has 1 aliphatic rings. The molecule has 3 N–H and O–H groups in total. The summed E-state index contributed by atoms with van der Waals surface area (Å²) in [5.74, 6) is 2.00. The van der Waals surface area contributed by atoms with E-state index in [0.717, 1.165) is 49.5 Å². The van der Waals surface area contributed by atoms with Gasteiger partial charge in [-0.1, -0.05) is 51.2 Å². The van der Waals surface area contributed by atoms with E-state index < -0.39 is 0 Å². The molecule has 2 atom stereocenters. The average molecular weight is 553 g/mol. The summed E-state index contributed by atoms with van der Waals surface area (Å²) in [7, 11) is 6.24. The number of ether oxygens (including phenoxy) is 4. The van der Waals surface area contributed by atoms with Crippen LogP contribution >= 0.6 is 0 Å². The Morgan fingerprint density at radius 2 is 1.55 bits per heavy atom. The Bertz CT molecular complexity index is 1150. The lowest BCUT2D eigenvalue weighted by Gasteiger charge is -2.30. The van der Waals surface area contributed by atoms with Crippen LogP contribution in [0.2, 0.25) is 0 Å². The first-order chi connectivity index (χ1) is 19.4. The number of phenolic OH excluding ortho intramolecular Hbond substituents is 1. The second-order valence-electron chi connectivity index (χ2n) is 10.5. The Hall–Kier alpha value is -3.81. The highest BCUT2D eigenvalue weighted by atomic mass is 16.5. The molecule has 40 heavy (non-hydrogen) atoms. The molecule has 1 aliphatic carbocycles. The number of hydrogen-bond donors (Lipinski definition) is 3. The van der Waals surface area contributed by atoms with Crippen molar-refractivity contribution in [1.82, 2.24) is 5.32 Å². The molecule has 0 spiro atoms. The van der Waals surface area contributed by atoms with Crippen LogP contribution in [0.1, 0.15) is 69.4 Å². The van der Waals surface area contributed by atoms with Crippen LogP contribution in [0.4, 0.5) is 5.69 Å². The first-order valence-electron chi connectivity index (χ1n) is 13.9. The maximum Gasteiger partial charge on any atom is 0.203 e. The van der Waals surface area contributed by atoms with E-state index in [1.165, 1.54) is 26.4 Å². The van der Waals surface area contributed by atoms with Gasteiger partial charge in [-0.2, -0.15) is 0 Å². The van der Waals surface area contributed by atoms with E-state index in [1.54, 1.807) is 33.6 Å². The number of carbonyl (C=O) groups is 1. The van der Waals surface area contributed by atoms with Gasteiger partial charge in [0, 0.05) is 29.4 Å². The topological polar surface area (TPSA) is 98.3 Å². The number of aldehydes is 1.